The van der Waals surface area contributed by atoms with Gasteiger partial charge in [-0.05, 0) is 34.4 Å². The summed E-state index contributed by atoms with van der Waals surface area (Å²) in [6.07, 6.45) is 6.12. The lowest BCUT2D eigenvalue weighted by Crippen LogP contribution is -2.47. The Labute approximate surface area is 221 Å². The molecule has 0 amide bonds. The fraction of sp³-hybridized carbons (Fsp3) is 0.269. The van der Waals surface area contributed by atoms with Crippen molar-refractivity contribution in [1.29, 1.82) is 0 Å². The summed E-state index contributed by atoms with van der Waals surface area (Å²) in [6.45, 7) is 3.26. The van der Waals surface area contributed by atoms with Crippen molar-refractivity contribution in [2.24, 2.45) is 0 Å². The number of hydrogen-bond acceptors (Lipinski definition) is 10. The number of nitrogens with zero attached hydrogens (tertiary/aromatic N) is 7. The second-order valence-corrected chi connectivity index (χ2v) is 11.1. The first-order valence-electron chi connectivity index (χ1n) is 12.4. The molecule has 2 aliphatic rings. The van der Waals surface area contributed by atoms with Gasteiger partial charge in [0.1, 0.15) is 6.33 Å². The molecule has 2 aromatic carbocycles. The maximum absolute atomic E-state index is 11.8. The Bertz CT molecular complexity index is 1520. The molecule has 12 heteroatoms. The number of sulfonamides is 1. The van der Waals surface area contributed by atoms with E-state index in [-0.39, 0.29) is 12.3 Å². The van der Waals surface area contributed by atoms with Gasteiger partial charge in [0, 0.05) is 57.2 Å². The summed E-state index contributed by atoms with van der Waals surface area (Å²) < 4.78 is 26.1. The predicted molar refractivity (Wildman–Crippen MR) is 145 cm³/mol. The van der Waals surface area contributed by atoms with E-state index in [1.54, 1.807) is 0 Å². The van der Waals surface area contributed by atoms with Crippen LogP contribution in [-0.4, -0.2) is 59.5 Å². The lowest BCUT2D eigenvalue weighted by atomic mass is 10.1. The smallest absolute Gasteiger partial charge is 0.231 e. The van der Waals surface area contributed by atoms with Crippen LogP contribution in [0.5, 0.6) is 0 Å². The Kier molecular flexibility index (Phi) is 6.56. The lowest BCUT2D eigenvalue weighted by molar-refractivity contribution is 0.575. The molecule has 2 aromatic heterocycles. The van der Waals surface area contributed by atoms with Crippen LogP contribution in [0, 0.1) is 0 Å². The van der Waals surface area contributed by atoms with E-state index in [1.165, 1.54) is 11.9 Å². The van der Waals surface area contributed by atoms with Crippen molar-refractivity contribution in [3.8, 4) is 0 Å². The molecule has 11 nitrogen and oxygen atoms in total. The molecule has 0 atom stereocenters. The van der Waals surface area contributed by atoms with Gasteiger partial charge in [-0.25, -0.2) is 33.1 Å². The Morgan fingerprint density at radius 3 is 2.32 bits per heavy atom. The summed E-state index contributed by atoms with van der Waals surface area (Å²) in [5.74, 6) is 1.76. The van der Waals surface area contributed by atoms with E-state index in [1.807, 2.05) is 48.8 Å². The average molecular weight is 530 g/mol. The van der Waals surface area contributed by atoms with Crippen molar-refractivity contribution in [1.82, 2.24) is 29.6 Å². The van der Waals surface area contributed by atoms with Gasteiger partial charge in [-0.15, -0.1) is 0 Å². The Hall–Kier alpha value is -4.16. The predicted octanol–water partition coefficient (Wildman–Crippen LogP) is 2.26. The van der Waals surface area contributed by atoms with Crippen molar-refractivity contribution >= 4 is 33.6 Å². The van der Waals surface area contributed by atoms with E-state index in [0.717, 1.165) is 60.9 Å². The van der Waals surface area contributed by atoms with E-state index in [0.29, 0.717) is 11.9 Å². The number of benzene rings is 2. The van der Waals surface area contributed by atoms with E-state index < -0.39 is 10.0 Å². The van der Waals surface area contributed by atoms with Crippen LogP contribution < -0.4 is 19.8 Å². The summed E-state index contributed by atoms with van der Waals surface area (Å²) in [5.41, 5.74) is 4.86. The van der Waals surface area contributed by atoms with Crippen LogP contribution in [0.4, 0.5) is 23.5 Å². The molecular formula is C26H27N9O2S. The van der Waals surface area contributed by atoms with E-state index in [4.69, 9.17) is 0 Å². The maximum atomic E-state index is 11.8. The van der Waals surface area contributed by atoms with Gasteiger partial charge >= 0.3 is 0 Å². The zero-order valence-electron chi connectivity index (χ0n) is 20.7. The van der Waals surface area contributed by atoms with Crippen molar-refractivity contribution in [3.63, 3.8) is 0 Å². The monoisotopic (exact) mass is 529 g/mol. The first kappa shape index (κ1) is 24.2. The highest BCUT2D eigenvalue weighted by Crippen LogP contribution is 2.24. The van der Waals surface area contributed by atoms with Crippen LogP contribution in [0.2, 0.25) is 0 Å². The third-order valence-electron chi connectivity index (χ3n) is 6.64. The molecule has 4 heterocycles. The largest absolute Gasteiger partial charge is 0.337 e. The molecule has 0 radical (unpaired) electrons. The van der Waals surface area contributed by atoms with Crippen LogP contribution >= 0.6 is 0 Å². The minimum absolute atomic E-state index is 0.00658. The number of rotatable bonds is 6. The molecule has 194 valence electrons. The molecule has 0 aliphatic carbocycles. The summed E-state index contributed by atoms with van der Waals surface area (Å²) in [7, 11) is -3.24. The minimum atomic E-state index is -3.24. The van der Waals surface area contributed by atoms with Crippen LogP contribution in [-0.2, 0) is 28.7 Å². The summed E-state index contributed by atoms with van der Waals surface area (Å²) in [4.78, 5) is 26.7. The van der Waals surface area contributed by atoms with Crippen molar-refractivity contribution in [2.45, 2.75) is 18.7 Å². The number of nitrogens with one attached hydrogen (secondary N) is 2. The lowest BCUT2D eigenvalue weighted by Gasteiger charge is -2.34. The van der Waals surface area contributed by atoms with Gasteiger partial charge in [0.05, 0.1) is 5.75 Å². The molecule has 0 spiro atoms. The van der Waals surface area contributed by atoms with Gasteiger partial charge in [0.15, 0.2) is 0 Å². The minimum Gasteiger partial charge on any atom is -0.337 e. The Balaban J connectivity index is 1.06. The molecule has 2 N–H and O–H groups in total. The standard InChI is InChI=1S/C26H27N9O2S/c36-38(37)17-21-6-7-23(13-22(21)16-31-38)32-24-29-18-30-26(33-24)35-10-8-34(9-11-35)25-27-14-20(15-28-25)12-19-4-2-1-3-5-19/h1-7,13-15,18,31H,8-12,16-17H2,(H,29,30,32,33). The second-order valence-electron chi connectivity index (χ2n) is 9.33. The SMILES string of the molecule is O=S1(=O)Cc2ccc(Nc3ncnc(N4CCN(c5ncc(Cc6ccccc6)cn5)CC4)n3)cc2CN1. The van der Waals surface area contributed by atoms with Crippen molar-refractivity contribution in [3.05, 3.63) is 89.5 Å². The summed E-state index contributed by atoms with van der Waals surface area (Å²) in [6, 6.07) is 15.9. The quantitative estimate of drug-likeness (QED) is 0.384. The van der Waals surface area contributed by atoms with Gasteiger partial charge in [0.2, 0.25) is 27.9 Å². The molecule has 0 bridgehead atoms. The Morgan fingerprint density at radius 1 is 0.816 bits per heavy atom. The number of piperazine rings is 1. The second kappa shape index (κ2) is 10.3. The first-order chi connectivity index (χ1) is 18.5. The topological polar surface area (TPSA) is 129 Å². The number of anilines is 4. The van der Waals surface area contributed by atoms with Gasteiger partial charge < -0.3 is 15.1 Å². The molecule has 0 saturated carbocycles. The Morgan fingerprint density at radius 2 is 1.55 bits per heavy atom. The van der Waals surface area contributed by atoms with Crippen molar-refractivity contribution < 1.29 is 8.42 Å². The fourth-order valence-electron chi connectivity index (χ4n) is 4.62. The third-order valence-corrected chi connectivity index (χ3v) is 7.91. The molecule has 38 heavy (non-hydrogen) atoms. The van der Waals surface area contributed by atoms with Crippen LogP contribution in [0.1, 0.15) is 22.3 Å². The number of aromatic nitrogens is 5. The van der Waals surface area contributed by atoms with E-state index in [9.17, 15) is 8.42 Å². The van der Waals surface area contributed by atoms with E-state index >= 15 is 0 Å². The molecular weight excluding hydrogens is 502 g/mol. The average Bonchev–Trinajstić information content (AvgIpc) is 2.94. The molecule has 0 unspecified atom stereocenters. The van der Waals surface area contributed by atoms with Gasteiger partial charge in [-0.1, -0.05) is 36.4 Å². The molecule has 6 rings (SSSR count). The van der Waals surface area contributed by atoms with Gasteiger partial charge in [-0.3, -0.25) is 0 Å². The maximum Gasteiger partial charge on any atom is 0.231 e. The molecule has 1 saturated heterocycles. The zero-order valence-corrected chi connectivity index (χ0v) is 21.5. The molecule has 1 fully saturated rings. The summed E-state index contributed by atoms with van der Waals surface area (Å²) >= 11 is 0. The first-order valence-corrected chi connectivity index (χ1v) is 14.1. The van der Waals surface area contributed by atoms with Gasteiger partial charge in [-0.2, -0.15) is 4.98 Å². The number of fused-ring (bicyclic) bond motifs is 1. The molecule has 2 aliphatic heterocycles. The highest BCUT2D eigenvalue weighted by atomic mass is 32.2. The van der Waals surface area contributed by atoms with E-state index in [2.05, 4.69) is 56.9 Å². The highest BCUT2D eigenvalue weighted by molar-refractivity contribution is 7.88. The van der Waals surface area contributed by atoms with Crippen LogP contribution in [0.25, 0.3) is 0 Å². The normalized spacial score (nSPS) is 16.6. The summed E-state index contributed by atoms with van der Waals surface area (Å²) in [5, 5.41) is 3.21. The van der Waals surface area contributed by atoms with Crippen LogP contribution in [0.15, 0.2) is 67.3 Å². The fourth-order valence-corrected chi connectivity index (χ4v) is 5.79. The number of hydrogen-bond donors (Lipinski definition) is 2. The van der Waals surface area contributed by atoms with Gasteiger partial charge in [0.25, 0.3) is 0 Å². The highest BCUT2D eigenvalue weighted by Gasteiger charge is 2.22. The van der Waals surface area contributed by atoms with Crippen LogP contribution in [0.3, 0.4) is 0 Å². The van der Waals surface area contributed by atoms with Crippen molar-refractivity contribution in [2.75, 3.05) is 41.3 Å². The molecule has 4 aromatic rings. The third kappa shape index (κ3) is 5.55. The zero-order chi connectivity index (χ0) is 26.0.